The minimum Gasteiger partial charge on any atom is -0.305 e. The van der Waals surface area contributed by atoms with Crippen molar-refractivity contribution in [2.45, 2.75) is 26.3 Å². The average molecular weight is 248 g/mol. The van der Waals surface area contributed by atoms with Gasteiger partial charge in [-0.3, -0.25) is 4.98 Å². The third-order valence-corrected chi connectivity index (χ3v) is 3.46. The first-order valence-electron chi connectivity index (χ1n) is 5.75. The van der Waals surface area contributed by atoms with Crippen molar-refractivity contribution in [2.24, 2.45) is 0 Å². The van der Waals surface area contributed by atoms with Crippen molar-refractivity contribution in [3.63, 3.8) is 0 Å². The lowest BCUT2D eigenvalue weighted by Gasteiger charge is -2.17. The van der Waals surface area contributed by atoms with Gasteiger partial charge in [0, 0.05) is 12.4 Å². The van der Waals surface area contributed by atoms with Crippen molar-refractivity contribution in [2.75, 3.05) is 6.54 Å². The maximum Gasteiger partial charge on any atom is 0.0776 e. The molecule has 2 aromatic rings. The van der Waals surface area contributed by atoms with Crippen LogP contribution in [0.1, 0.15) is 35.5 Å². The average Bonchev–Trinajstić information content (AvgIpc) is 2.78. The van der Waals surface area contributed by atoms with Crippen LogP contribution in [0.5, 0.6) is 0 Å². The van der Waals surface area contributed by atoms with Crippen LogP contribution in [0.2, 0.25) is 0 Å². The Bertz CT molecular complexity index is 455. The van der Waals surface area contributed by atoms with Crippen molar-refractivity contribution in [1.82, 2.24) is 19.9 Å². The van der Waals surface area contributed by atoms with E-state index in [9.17, 15) is 0 Å². The summed E-state index contributed by atoms with van der Waals surface area (Å²) in [5, 5.41) is 7.60. The third-order valence-electron chi connectivity index (χ3n) is 2.56. The van der Waals surface area contributed by atoms with E-state index in [1.807, 2.05) is 19.2 Å². The molecule has 17 heavy (non-hydrogen) atoms. The SMILES string of the molecule is CCCNC(c1cccnc1)c1snnc1C. The molecule has 1 unspecified atom stereocenters. The van der Waals surface area contributed by atoms with Crippen LogP contribution >= 0.6 is 11.5 Å². The molecule has 0 aromatic carbocycles. The monoisotopic (exact) mass is 248 g/mol. The van der Waals surface area contributed by atoms with E-state index in [2.05, 4.69) is 32.9 Å². The predicted octanol–water partition coefficient (Wildman–Crippen LogP) is 2.33. The van der Waals surface area contributed by atoms with Crippen molar-refractivity contribution >= 4 is 11.5 Å². The van der Waals surface area contributed by atoms with E-state index >= 15 is 0 Å². The van der Waals surface area contributed by atoms with Crippen LogP contribution in [0.25, 0.3) is 0 Å². The minimum absolute atomic E-state index is 0.156. The van der Waals surface area contributed by atoms with Crippen LogP contribution < -0.4 is 5.32 Å². The summed E-state index contributed by atoms with van der Waals surface area (Å²) < 4.78 is 4.01. The molecule has 5 heteroatoms. The molecule has 2 rings (SSSR count). The summed E-state index contributed by atoms with van der Waals surface area (Å²) in [5.74, 6) is 0. The van der Waals surface area contributed by atoms with Gasteiger partial charge in [-0.05, 0) is 43.1 Å². The van der Waals surface area contributed by atoms with Crippen LogP contribution in [0, 0.1) is 6.92 Å². The molecule has 0 saturated heterocycles. The number of nitrogens with one attached hydrogen (secondary N) is 1. The lowest BCUT2D eigenvalue weighted by atomic mass is 10.1. The number of aromatic nitrogens is 3. The summed E-state index contributed by atoms with van der Waals surface area (Å²) in [6, 6.07) is 4.20. The zero-order valence-electron chi connectivity index (χ0n) is 10.1. The minimum atomic E-state index is 0.156. The molecule has 0 fully saturated rings. The predicted molar refractivity (Wildman–Crippen MR) is 69.0 cm³/mol. The first kappa shape index (κ1) is 12.1. The zero-order valence-corrected chi connectivity index (χ0v) is 10.9. The quantitative estimate of drug-likeness (QED) is 0.882. The number of hydrogen-bond donors (Lipinski definition) is 1. The van der Waals surface area contributed by atoms with Gasteiger partial charge in [-0.15, -0.1) is 5.10 Å². The molecular formula is C12H16N4S. The number of rotatable bonds is 5. The fourth-order valence-electron chi connectivity index (χ4n) is 1.70. The Kier molecular flexibility index (Phi) is 4.17. The number of hydrogen-bond acceptors (Lipinski definition) is 5. The Morgan fingerprint density at radius 2 is 2.35 bits per heavy atom. The van der Waals surface area contributed by atoms with Gasteiger partial charge in [-0.25, -0.2) is 0 Å². The van der Waals surface area contributed by atoms with Crippen molar-refractivity contribution in [1.29, 1.82) is 0 Å². The highest BCUT2D eigenvalue weighted by atomic mass is 32.1. The molecule has 0 bridgehead atoms. The van der Waals surface area contributed by atoms with E-state index in [0.717, 1.165) is 24.2 Å². The van der Waals surface area contributed by atoms with Gasteiger partial charge in [-0.2, -0.15) is 0 Å². The molecule has 0 radical (unpaired) electrons. The first-order chi connectivity index (χ1) is 8.33. The molecule has 2 heterocycles. The van der Waals surface area contributed by atoms with E-state index in [4.69, 9.17) is 0 Å². The van der Waals surface area contributed by atoms with E-state index in [-0.39, 0.29) is 6.04 Å². The second-order valence-electron chi connectivity index (χ2n) is 3.90. The maximum absolute atomic E-state index is 4.18. The van der Waals surface area contributed by atoms with Crippen LogP contribution in [-0.2, 0) is 0 Å². The van der Waals surface area contributed by atoms with Crippen molar-refractivity contribution < 1.29 is 0 Å². The van der Waals surface area contributed by atoms with E-state index in [1.165, 1.54) is 16.4 Å². The van der Waals surface area contributed by atoms with Gasteiger partial charge >= 0.3 is 0 Å². The van der Waals surface area contributed by atoms with Gasteiger partial charge in [-0.1, -0.05) is 17.5 Å². The van der Waals surface area contributed by atoms with Gasteiger partial charge in [0.1, 0.15) is 0 Å². The molecule has 1 N–H and O–H groups in total. The Hall–Kier alpha value is -1.33. The van der Waals surface area contributed by atoms with E-state index < -0.39 is 0 Å². The second kappa shape index (κ2) is 5.84. The molecule has 0 saturated carbocycles. The van der Waals surface area contributed by atoms with Gasteiger partial charge in [0.25, 0.3) is 0 Å². The third kappa shape index (κ3) is 2.87. The molecule has 4 nitrogen and oxygen atoms in total. The molecule has 0 aliphatic carbocycles. The van der Waals surface area contributed by atoms with Gasteiger partial charge in [0.2, 0.25) is 0 Å². The lowest BCUT2D eigenvalue weighted by molar-refractivity contribution is 0.601. The molecular weight excluding hydrogens is 232 g/mol. The lowest BCUT2D eigenvalue weighted by Crippen LogP contribution is -2.23. The molecule has 0 aliphatic heterocycles. The normalized spacial score (nSPS) is 12.6. The largest absolute Gasteiger partial charge is 0.305 e. The Labute approximate surface area is 105 Å². The highest BCUT2D eigenvalue weighted by Gasteiger charge is 2.18. The summed E-state index contributed by atoms with van der Waals surface area (Å²) >= 11 is 1.45. The fourth-order valence-corrected chi connectivity index (χ4v) is 2.45. The molecule has 0 amide bonds. The van der Waals surface area contributed by atoms with Gasteiger partial charge < -0.3 is 5.32 Å². The zero-order chi connectivity index (χ0) is 12.1. The van der Waals surface area contributed by atoms with E-state index in [1.54, 1.807) is 6.20 Å². The van der Waals surface area contributed by atoms with Crippen LogP contribution in [0.3, 0.4) is 0 Å². The van der Waals surface area contributed by atoms with Crippen molar-refractivity contribution in [3.05, 3.63) is 40.7 Å². The number of aryl methyl sites for hydroxylation is 1. The summed E-state index contributed by atoms with van der Waals surface area (Å²) in [6.07, 6.45) is 4.78. The second-order valence-corrected chi connectivity index (χ2v) is 4.68. The maximum atomic E-state index is 4.18. The molecule has 2 aromatic heterocycles. The number of nitrogens with zero attached hydrogens (tertiary/aromatic N) is 3. The Balaban J connectivity index is 2.29. The highest BCUT2D eigenvalue weighted by Crippen LogP contribution is 2.25. The summed E-state index contributed by atoms with van der Waals surface area (Å²) in [6.45, 7) is 5.12. The smallest absolute Gasteiger partial charge is 0.0776 e. The first-order valence-corrected chi connectivity index (χ1v) is 6.52. The number of pyridine rings is 1. The van der Waals surface area contributed by atoms with Crippen molar-refractivity contribution in [3.8, 4) is 0 Å². The van der Waals surface area contributed by atoms with E-state index in [0.29, 0.717) is 0 Å². The van der Waals surface area contributed by atoms with Gasteiger partial charge in [0.15, 0.2) is 0 Å². The summed E-state index contributed by atoms with van der Waals surface area (Å²) in [5.41, 5.74) is 2.16. The molecule has 90 valence electrons. The Morgan fingerprint density at radius 3 is 2.94 bits per heavy atom. The topological polar surface area (TPSA) is 50.7 Å². The van der Waals surface area contributed by atoms with Crippen LogP contribution in [-0.4, -0.2) is 21.1 Å². The summed E-state index contributed by atoms with van der Waals surface area (Å²) in [7, 11) is 0. The molecule has 0 aliphatic rings. The molecule has 1 atom stereocenters. The van der Waals surface area contributed by atoms with Crippen LogP contribution in [0.15, 0.2) is 24.5 Å². The van der Waals surface area contributed by atoms with Crippen LogP contribution in [0.4, 0.5) is 0 Å². The highest BCUT2D eigenvalue weighted by molar-refractivity contribution is 7.05. The summed E-state index contributed by atoms with van der Waals surface area (Å²) in [4.78, 5) is 5.35. The van der Waals surface area contributed by atoms with Gasteiger partial charge in [0.05, 0.1) is 16.6 Å². The fraction of sp³-hybridized carbons (Fsp3) is 0.417. The Morgan fingerprint density at radius 1 is 1.47 bits per heavy atom. The standard InChI is InChI=1S/C12H16N4S/c1-3-6-14-11(10-5-4-7-13-8-10)12-9(2)15-16-17-12/h4-5,7-8,11,14H,3,6H2,1-2H3. The molecule has 0 spiro atoms.